The maximum atomic E-state index is 12.7. The molecule has 1 N–H and O–H groups in total. The molecule has 0 aliphatic heterocycles. The van der Waals surface area contributed by atoms with Crippen LogP contribution in [0.25, 0.3) is 0 Å². The van der Waals surface area contributed by atoms with E-state index >= 15 is 0 Å². The number of fused-ring (bicyclic) bond motifs is 5. The van der Waals surface area contributed by atoms with Crippen molar-refractivity contribution in [2.75, 3.05) is 0 Å². The van der Waals surface area contributed by atoms with Gasteiger partial charge in [0.1, 0.15) is 6.10 Å². The average molecular weight is 507 g/mol. The van der Waals surface area contributed by atoms with Crippen LogP contribution >= 0.6 is 0 Å². The Balaban J connectivity index is 1.29. The van der Waals surface area contributed by atoms with E-state index in [-0.39, 0.29) is 23.6 Å². The summed E-state index contributed by atoms with van der Waals surface area (Å²) in [5, 5.41) is 11.6. The van der Waals surface area contributed by atoms with E-state index in [0.29, 0.717) is 28.7 Å². The maximum Gasteiger partial charge on any atom is 0.338 e. The van der Waals surface area contributed by atoms with Gasteiger partial charge in [0, 0.05) is 6.42 Å². The third kappa shape index (κ3) is 4.95. The van der Waals surface area contributed by atoms with Crippen LogP contribution < -0.4 is 0 Å². The molecule has 0 aromatic heterocycles. The summed E-state index contributed by atoms with van der Waals surface area (Å²) in [5.74, 6) is 3.70. The molecular formula is C34H50O3. The zero-order valence-electron chi connectivity index (χ0n) is 23.9. The van der Waals surface area contributed by atoms with Crippen LogP contribution in [0, 0.1) is 46.3 Å². The molecule has 3 heteroatoms. The highest BCUT2D eigenvalue weighted by Gasteiger charge is 2.61. The highest BCUT2D eigenvalue weighted by Crippen LogP contribution is 2.67. The number of esters is 1. The van der Waals surface area contributed by atoms with Crippen molar-refractivity contribution in [1.82, 2.24) is 0 Å². The molecule has 0 saturated heterocycles. The molecule has 9 atom stereocenters. The number of rotatable bonds is 7. The highest BCUT2D eigenvalue weighted by atomic mass is 16.5. The lowest BCUT2D eigenvalue weighted by Crippen LogP contribution is -2.55. The first-order valence-electron chi connectivity index (χ1n) is 15.3. The molecule has 204 valence electrons. The van der Waals surface area contributed by atoms with Crippen molar-refractivity contribution in [3.8, 4) is 0 Å². The Labute approximate surface area is 225 Å². The second-order valence-corrected chi connectivity index (χ2v) is 14.1. The lowest BCUT2D eigenvalue weighted by molar-refractivity contribution is -0.0978. The molecule has 9 unspecified atom stereocenters. The Morgan fingerprint density at radius 1 is 1.00 bits per heavy atom. The normalized spacial score (nSPS) is 39.8. The SMILES string of the molecule is CC(C)CCCC(C)C1CCC2C3C(O)C=C4CC(OC(=O)c5ccccc5)CCC4(C)C3CCC12C. The molecule has 0 spiro atoms. The van der Waals surface area contributed by atoms with Gasteiger partial charge in [-0.3, -0.25) is 0 Å². The van der Waals surface area contributed by atoms with Gasteiger partial charge in [-0.15, -0.1) is 0 Å². The molecule has 1 aromatic rings. The van der Waals surface area contributed by atoms with Crippen LogP contribution in [0.5, 0.6) is 0 Å². The van der Waals surface area contributed by atoms with Crippen molar-refractivity contribution in [2.45, 2.75) is 111 Å². The summed E-state index contributed by atoms with van der Waals surface area (Å²) in [7, 11) is 0. The second kappa shape index (κ2) is 10.5. The van der Waals surface area contributed by atoms with Crippen LogP contribution in [0.4, 0.5) is 0 Å². The van der Waals surface area contributed by atoms with E-state index in [1.165, 1.54) is 50.5 Å². The topological polar surface area (TPSA) is 46.5 Å². The van der Waals surface area contributed by atoms with Gasteiger partial charge < -0.3 is 9.84 Å². The molecule has 3 nitrogen and oxygen atoms in total. The van der Waals surface area contributed by atoms with Gasteiger partial charge in [-0.05, 0) is 97.0 Å². The van der Waals surface area contributed by atoms with Crippen molar-refractivity contribution in [1.29, 1.82) is 0 Å². The van der Waals surface area contributed by atoms with Gasteiger partial charge in [0.2, 0.25) is 0 Å². The number of hydrogen-bond donors (Lipinski definition) is 1. The third-order valence-corrected chi connectivity index (χ3v) is 11.6. The van der Waals surface area contributed by atoms with E-state index in [2.05, 4.69) is 40.7 Å². The molecule has 3 fully saturated rings. The molecule has 37 heavy (non-hydrogen) atoms. The zero-order valence-corrected chi connectivity index (χ0v) is 23.9. The van der Waals surface area contributed by atoms with Crippen molar-refractivity contribution < 1.29 is 14.6 Å². The first-order chi connectivity index (χ1) is 17.6. The fraction of sp³-hybridized carbons (Fsp3) is 0.735. The molecule has 1 aromatic carbocycles. The molecule has 0 heterocycles. The molecule has 5 rings (SSSR count). The van der Waals surface area contributed by atoms with Crippen molar-refractivity contribution in [2.24, 2.45) is 46.3 Å². The molecule has 0 radical (unpaired) electrons. The summed E-state index contributed by atoms with van der Waals surface area (Å²) in [6.45, 7) is 12.2. The van der Waals surface area contributed by atoms with Gasteiger partial charge >= 0.3 is 5.97 Å². The van der Waals surface area contributed by atoms with Crippen LogP contribution in [0.2, 0.25) is 0 Å². The number of hydrogen-bond acceptors (Lipinski definition) is 3. The number of carbonyl (C=O) groups is 1. The molecule has 3 saturated carbocycles. The van der Waals surface area contributed by atoms with Gasteiger partial charge in [-0.25, -0.2) is 4.79 Å². The molecule has 0 bridgehead atoms. The minimum absolute atomic E-state index is 0.0906. The minimum Gasteiger partial charge on any atom is -0.458 e. The van der Waals surface area contributed by atoms with Crippen LogP contribution in [0.15, 0.2) is 42.0 Å². The zero-order chi connectivity index (χ0) is 26.4. The van der Waals surface area contributed by atoms with Gasteiger partial charge in [0.05, 0.1) is 11.7 Å². The van der Waals surface area contributed by atoms with E-state index in [4.69, 9.17) is 4.74 Å². The standard InChI is InChI=1S/C34H50O3/c1-22(2)10-9-11-23(3)27-14-15-28-31-29(17-19-34(27,28)5)33(4)18-16-26(20-25(33)21-30(31)35)37-32(36)24-12-7-6-8-13-24/h6-8,12-13,21-23,26-31,35H,9-11,14-20H2,1-5H3. The Hall–Kier alpha value is -1.61. The predicted molar refractivity (Wildman–Crippen MR) is 150 cm³/mol. The lowest BCUT2D eigenvalue weighted by Gasteiger charge is -2.59. The van der Waals surface area contributed by atoms with Crippen LogP contribution in [-0.2, 0) is 4.74 Å². The number of benzene rings is 1. The Morgan fingerprint density at radius 3 is 2.49 bits per heavy atom. The van der Waals surface area contributed by atoms with E-state index in [0.717, 1.165) is 37.0 Å². The first kappa shape index (κ1) is 27.0. The first-order valence-corrected chi connectivity index (χ1v) is 15.3. The van der Waals surface area contributed by atoms with Gasteiger partial charge in [0.15, 0.2) is 0 Å². The number of aliphatic hydroxyl groups excluding tert-OH is 1. The van der Waals surface area contributed by atoms with Crippen LogP contribution in [-0.4, -0.2) is 23.3 Å². The van der Waals surface area contributed by atoms with Crippen molar-refractivity contribution in [3.05, 3.63) is 47.5 Å². The summed E-state index contributed by atoms with van der Waals surface area (Å²) >= 11 is 0. The fourth-order valence-corrected chi connectivity index (χ4v) is 9.53. The predicted octanol–water partition coefficient (Wildman–Crippen LogP) is 8.22. The number of ether oxygens (including phenoxy) is 1. The summed E-state index contributed by atoms with van der Waals surface area (Å²) in [6.07, 6.45) is 13.7. The maximum absolute atomic E-state index is 12.7. The second-order valence-electron chi connectivity index (χ2n) is 14.1. The van der Waals surface area contributed by atoms with Gasteiger partial charge in [0.25, 0.3) is 0 Å². The van der Waals surface area contributed by atoms with E-state index in [1.807, 2.05) is 30.3 Å². The number of aliphatic hydroxyl groups is 1. The molecular weight excluding hydrogens is 456 g/mol. The monoisotopic (exact) mass is 506 g/mol. The van der Waals surface area contributed by atoms with Crippen LogP contribution in [0.1, 0.15) is 109 Å². The van der Waals surface area contributed by atoms with Crippen LogP contribution in [0.3, 0.4) is 0 Å². The van der Waals surface area contributed by atoms with Crippen molar-refractivity contribution >= 4 is 5.97 Å². The van der Waals surface area contributed by atoms with E-state index < -0.39 is 0 Å². The lowest BCUT2D eigenvalue weighted by atomic mass is 9.46. The van der Waals surface area contributed by atoms with Gasteiger partial charge in [-0.2, -0.15) is 0 Å². The Bertz CT molecular complexity index is 982. The largest absolute Gasteiger partial charge is 0.458 e. The molecule has 4 aliphatic carbocycles. The molecule has 0 amide bonds. The summed E-state index contributed by atoms with van der Waals surface area (Å²) in [6, 6.07) is 9.32. The fourth-order valence-electron chi connectivity index (χ4n) is 9.53. The minimum atomic E-state index is -0.365. The molecule has 4 aliphatic rings. The average Bonchev–Trinajstić information content (AvgIpc) is 3.22. The van der Waals surface area contributed by atoms with Crippen molar-refractivity contribution in [3.63, 3.8) is 0 Å². The smallest absolute Gasteiger partial charge is 0.338 e. The third-order valence-electron chi connectivity index (χ3n) is 11.6. The number of carbonyl (C=O) groups excluding carboxylic acids is 1. The van der Waals surface area contributed by atoms with E-state index in [9.17, 15) is 9.90 Å². The quantitative estimate of drug-likeness (QED) is 0.299. The summed E-state index contributed by atoms with van der Waals surface area (Å²) in [5.41, 5.74) is 2.46. The Kier molecular flexibility index (Phi) is 7.66. The van der Waals surface area contributed by atoms with Gasteiger partial charge in [-0.1, -0.05) is 83.7 Å². The van der Waals surface area contributed by atoms with E-state index in [1.54, 1.807) is 0 Å². The Morgan fingerprint density at radius 2 is 1.76 bits per heavy atom. The highest BCUT2D eigenvalue weighted by molar-refractivity contribution is 5.89. The summed E-state index contributed by atoms with van der Waals surface area (Å²) < 4.78 is 5.95. The summed E-state index contributed by atoms with van der Waals surface area (Å²) in [4.78, 5) is 12.7.